The smallest absolute Gasteiger partial charge is 0.0324 e. The zero-order valence-electron chi connectivity index (χ0n) is 4.92. The maximum atomic E-state index is 3.20. The number of rotatable bonds is 0. The van der Waals surface area contributed by atoms with E-state index in [1.807, 2.05) is 0 Å². The quantitative estimate of drug-likeness (QED) is 0.558. The third-order valence-electron chi connectivity index (χ3n) is 1.42. The monoisotopic (exact) mass is 277 g/mol. The maximum Gasteiger partial charge on any atom is 0.0324 e. The van der Waals surface area contributed by atoms with Crippen molar-refractivity contribution < 1.29 is 0 Å². The van der Waals surface area contributed by atoms with Crippen LogP contribution in [-0.4, -0.2) is 48.9 Å². The Labute approximate surface area is 105 Å². The first-order chi connectivity index (χ1) is 4.47. The summed E-state index contributed by atoms with van der Waals surface area (Å²) in [5, 5.41) is 0. The zero-order chi connectivity index (χ0) is 6.10. The SMILES string of the molecule is [BaH2].c1ccc2c(c1)CNS2. The molecule has 3 heteroatoms. The molecule has 1 N–H and O–H groups in total. The molecular formula is C7H9BaNS. The van der Waals surface area contributed by atoms with Crippen LogP contribution in [-0.2, 0) is 6.54 Å². The van der Waals surface area contributed by atoms with Gasteiger partial charge in [-0.2, -0.15) is 0 Å². The van der Waals surface area contributed by atoms with Gasteiger partial charge in [-0.25, -0.2) is 0 Å². The molecule has 0 aliphatic carbocycles. The number of fused-ring (bicyclic) bond motifs is 1. The average Bonchev–Trinajstić information content (AvgIpc) is 2.33. The van der Waals surface area contributed by atoms with Gasteiger partial charge >= 0.3 is 48.9 Å². The second-order valence-electron chi connectivity index (χ2n) is 2.03. The van der Waals surface area contributed by atoms with Gasteiger partial charge in [-0.1, -0.05) is 18.2 Å². The predicted octanol–water partition coefficient (Wildman–Crippen LogP) is 0.881. The third kappa shape index (κ3) is 1.82. The molecule has 0 atom stereocenters. The Morgan fingerprint density at radius 1 is 1.30 bits per heavy atom. The van der Waals surface area contributed by atoms with Gasteiger partial charge in [-0.3, -0.25) is 4.72 Å². The Kier molecular flexibility index (Phi) is 3.87. The summed E-state index contributed by atoms with van der Waals surface area (Å²) in [5.41, 5.74) is 1.42. The molecule has 1 heterocycles. The van der Waals surface area contributed by atoms with E-state index >= 15 is 0 Å². The second-order valence-corrected chi connectivity index (χ2v) is 2.96. The van der Waals surface area contributed by atoms with E-state index in [1.54, 1.807) is 11.9 Å². The van der Waals surface area contributed by atoms with Crippen LogP contribution in [0.15, 0.2) is 29.2 Å². The molecule has 2 rings (SSSR count). The molecule has 0 radical (unpaired) electrons. The zero-order valence-corrected chi connectivity index (χ0v) is 5.74. The summed E-state index contributed by atoms with van der Waals surface area (Å²) >= 11 is 1.72. The number of hydrogen-bond donors (Lipinski definition) is 1. The van der Waals surface area contributed by atoms with Gasteiger partial charge in [0.2, 0.25) is 0 Å². The first kappa shape index (κ1) is 9.19. The fourth-order valence-corrected chi connectivity index (χ4v) is 1.74. The first-order valence-electron chi connectivity index (χ1n) is 2.94. The minimum Gasteiger partial charge on any atom is -0.255 e. The van der Waals surface area contributed by atoms with E-state index in [-0.39, 0.29) is 48.9 Å². The van der Waals surface area contributed by atoms with E-state index < -0.39 is 0 Å². The summed E-state index contributed by atoms with van der Waals surface area (Å²) in [7, 11) is 0. The predicted molar refractivity (Wildman–Crippen MR) is 47.7 cm³/mol. The molecule has 0 fully saturated rings. The molecule has 1 aliphatic heterocycles. The van der Waals surface area contributed by atoms with Crippen molar-refractivity contribution in [2.75, 3.05) is 0 Å². The minimum atomic E-state index is 0. The molecule has 0 spiro atoms. The largest absolute Gasteiger partial charge is 0.255 e. The Morgan fingerprint density at radius 3 is 2.90 bits per heavy atom. The molecule has 0 saturated carbocycles. The van der Waals surface area contributed by atoms with Crippen LogP contribution in [0.1, 0.15) is 5.56 Å². The Hall–Kier alpha value is 1.10. The van der Waals surface area contributed by atoms with E-state index in [0.29, 0.717) is 0 Å². The average molecular weight is 277 g/mol. The van der Waals surface area contributed by atoms with Crippen molar-refractivity contribution >= 4 is 60.8 Å². The van der Waals surface area contributed by atoms with Gasteiger partial charge in [-0.15, -0.1) is 0 Å². The molecule has 50 valence electrons. The Balaban J connectivity index is 0.000000500. The summed E-state index contributed by atoms with van der Waals surface area (Å²) in [6.45, 7) is 1.01. The van der Waals surface area contributed by atoms with Gasteiger partial charge < -0.3 is 0 Å². The summed E-state index contributed by atoms with van der Waals surface area (Å²) in [6, 6.07) is 8.44. The second kappa shape index (κ2) is 4.21. The molecule has 1 aromatic rings. The van der Waals surface area contributed by atoms with Gasteiger partial charge in [-0.05, 0) is 23.6 Å². The van der Waals surface area contributed by atoms with Crippen molar-refractivity contribution in [2.45, 2.75) is 11.4 Å². The topological polar surface area (TPSA) is 12.0 Å². The van der Waals surface area contributed by atoms with E-state index in [4.69, 9.17) is 0 Å². The van der Waals surface area contributed by atoms with Crippen LogP contribution in [0.3, 0.4) is 0 Å². The van der Waals surface area contributed by atoms with Crippen molar-refractivity contribution in [1.29, 1.82) is 0 Å². The van der Waals surface area contributed by atoms with E-state index in [1.165, 1.54) is 10.5 Å². The molecule has 1 nitrogen and oxygen atoms in total. The number of nitrogens with one attached hydrogen (secondary N) is 1. The van der Waals surface area contributed by atoms with Crippen molar-refractivity contribution in [3.05, 3.63) is 29.8 Å². The van der Waals surface area contributed by atoms with Crippen LogP contribution in [0.2, 0.25) is 0 Å². The maximum absolute atomic E-state index is 3.20. The van der Waals surface area contributed by atoms with Crippen molar-refractivity contribution in [3.8, 4) is 0 Å². The first-order valence-corrected chi connectivity index (χ1v) is 3.76. The van der Waals surface area contributed by atoms with E-state index in [9.17, 15) is 0 Å². The van der Waals surface area contributed by atoms with Gasteiger partial charge in [0.1, 0.15) is 0 Å². The number of benzene rings is 1. The fraction of sp³-hybridized carbons (Fsp3) is 0.143. The van der Waals surface area contributed by atoms with Crippen LogP contribution < -0.4 is 4.72 Å². The summed E-state index contributed by atoms with van der Waals surface area (Å²) < 4.78 is 3.20. The summed E-state index contributed by atoms with van der Waals surface area (Å²) in [4.78, 5) is 1.37. The van der Waals surface area contributed by atoms with Gasteiger partial charge in [0, 0.05) is 11.4 Å². The van der Waals surface area contributed by atoms with E-state index in [2.05, 4.69) is 29.0 Å². The summed E-state index contributed by atoms with van der Waals surface area (Å²) in [6.07, 6.45) is 0. The molecule has 10 heavy (non-hydrogen) atoms. The molecule has 0 amide bonds. The molecular weight excluding hydrogens is 267 g/mol. The Bertz CT molecular complexity index is 204. The van der Waals surface area contributed by atoms with Crippen LogP contribution in [0, 0.1) is 0 Å². The van der Waals surface area contributed by atoms with E-state index in [0.717, 1.165) is 6.54 Å². The molecule has 0 saturated heterocycles. The fourth-order valence-electron chi connectivity index (χ4n) is 0.941. The standard InChI is InChI=1S/C7H7NS.Ba.2H/c1-2-4-7-6(3-1)5-8-9-7;;;/h1-4,8H,5H2;;;. The molecule has 0 unspecified atom stereocenters. The van der Waals surface area contributed by atoms with Crippen LogP contribution >= 0.6 is 11.9 Å². The molecule has 1 aliphatic rings. The van der Waals surface area contributed by atoms with Crippen molar-refractivity contribution in [3.63, 3.8) is 0 Å². The van der Waals surface area contributed by atoms with Gasteiger partial charge in [0.25, 0.3) is 0 Å². The van der Waals surface area contributed by atoms with Crippen LogP contribution in [0.25, 0.3) is 0 Å². The summed E-state index contributed by atoms with van der Waals surface area (Å²) in [5.74, 6) is 0. The molecule has 1 aromatic carbocycles. The minimum absolute atomic E-state index is 0. The van der Waals surface area contributed by atoms with Crippen molar-refractivity contribution in [1.82, 2.24) is 4.72 Å². The van der Waals surface area contributed by atoms with Gasteiger partial charge in [0.15, 0.2) is 0 Å². The molecule has 0 aromatic heterocycles. The van der Waals surface area contributed by atoms with Gasteiger partial charge in [0.05, 0.1) is 0 Å². The Morgan fingerprint density at radius 2 is 2.10 bits per heavy atom. The molecule has 0 bridgehead atoms. The third-order valence-corrected chi connectivity index (χ3v) is 2.32. The number of hydrogen-bond acceptors (Lipinski definition) is 2. The normalized spacial score (nSPS) is 14.0. The van der Waals surface area contributed by atoms with Crippen molar-refractivity contribution in [2.24, 2.45) is 0 Å². The van der Waals surface area contributed by atoms with Crippen LogP contribution in [0.4, 0.5) is 0 Å². The van der Waals surface area contributed by atoms with Crippen LogP contribution in [0.5, 0.6) is 0 Å².